The number of fused-ring (bicyclic) bond motifs is 1. The highest BCUT2D eigenvalue weighted by molar-refractivity contribution is 7.10. The molecule has 2 aromatic rings. The number of aryl methyl sites for hydroxylation is 1. The van der Waals surface area contributed by atoms with E-state index in [9.17, 15) is 19.5 Å². The molecule has 2 heterocycles. The minimum atomic E-state index is -1.05. The molecule has 1 aromatic carbocycles. The molecule has 1 amide bonds. The van der Waals surface area contributed by atoms with Crippen molar-refractivity contribution >= 4 is 29.2 Å². The molecule has 3 atom stereocenters. The normalized spacial score (nSPS) is 16.9. The summed E-state index contributed by atoms with van der Waals surface area (Å²) in [5.74, 6) is -1.76. The highest BCUT2D eigenvalue weighted by Gasteiger charge is 2.40. The second kappa shape index (κ2) is 13.4. The Morgan fingerprint density at radius 3 is 2.63 bits per heavy atom. The first-order valence-corrected chi connectivity index (χ1v) is 13.1. The minimum Gasteiger partial charge on any atom is -0.479 e. The molecule has 0 radical (unpaired) electrons. The number of carbonyl (C=O) groups excluding carboxylic acids is 2. The van der Waals surface area contributed by atoms with Crippen LogP contribution in [0.15, 0.2) is 41.8 Å². The third-order valence-corrected chi connectivity index (χ3v) is 7.27. The molecular formula is C26H35N3O5S. The van der Waals surface area contributed by atoms with E-state index in [0.717, 1.165) is 17.5 Å². The summed E-state index contributed by atoms with van der Waals surface area (Å²) in [6, 6.07) is 9.33. The molecule has 1 unspecified atom stereocenters. The molecule has 1 aliphatic rings. The second-order valence-electron chi connectivity index (χ2n) is 8.67. The molecular weight excluding hydrogens is 466 g/mol. The van der Waals surface area contributed by atoms with Crippen molar-refractivity contribution in [2.24, 2.45) is 5.73 Å². The first-order valence-electron chi connectivity index (χ1n) is 12.2. The summed E-state index contributed by atoms with van der Waals surface area (Å²) in [6.45, 7) is 2.81. The van der Waals surface area contributed by atoms with E-state index in [1.807, 2.05) is 41.8 Å². The lowest BCUT2D eigenvalue weighted by Gasteiger charge is -2.36. The Morgan fingerprint density at radius 1 is 1.17 bits per heavy atom. The van der Waals surface area contributed by atoms with E-state index in [1.54, 1.807) is 6.92 Å². The van der Waals surface area contributed by atoms with Crippen molar-refractivity contribution in [3.8, 4) is 0 Å². The van der Waals surface area contributed by atoms with Crippen molar-refractivity contribution in [2.45, 2.75) is 63.6 Å². The topological polar surface area (TPSA) is 122 Å². The Bertz CT molecular complexity index is 980. The maximum atomic E-state index is 13.8. The number of carboxylic acid groups (broad SMARTS) is 1. The summed E-state index contributed by atoms with van der Waals surface area (Å²) in [5.41, 5.74) is 7.73. The van der Waals surface area contributed by atoms with E-state index >= 15 is 0 Å². The lowest BCUT2D eigenvalue weighted by molar-refractivity contribution is -0.153. The summed E-state index contributed by atoms with van der Waals surface area (Å²) < 4.78 is 5.30. The van der Waals surface area contributed by atoms with Crippen molar-refractivity contribution in [3.63, 3.8) is 0 Å². The molecule has 1 aromatic heterocycles. The van der Waals surface area contributed by atoms with Crippen LogP contribution >= 0.6 is 11.3 Å². The minimum absolute atomic E-state index is 0.239. The van der Waals surface area contributed by atoms with Crippen molar-refractivity contribution in [2.75, 3.05) is 19.7 Å². The van der Waals surface area contributed by atoms with Crippen LogP contribution in [0, 0.1) is 0 Å². The van der Waals surface area contributed by atoms with Gasteiger partial charge in [0.15, 0.2) is 6.04 Å². The van der Waals surface area contributed by atoms with Gasteiger partial charge in [0.1, 0.15) is 6.04 Å². The van der Waals surface area contributed by atoms with E-state index in [2.05, 4.69) is 5.32 Å². The molecule has 0 saturated carbocycles. The molecule has 190 valence electrons. The lowest BCUT2D eigenvalue weighted by atomic mass is 9.98. The number of nitrogens with two attached hydrogens (primary N) is 1. The fraction of sp³-hybridized carbons (Fsp3) is 0.500. The number of aliphatic carboxylic acids is 1. The number of rotatable bonds is 13. The van der Waals surface area contributed by atoms with Crippen molar-refractivity contribution in [1.82, 2.24) is 10.2 Å². The molecule has 8 nitrogen and oxygen atoms in total. The van der Waals surface area contributed by atoms with Crippen LogP contribution in [-0.4, -0.2) is 59.6 Å². The fourth-order valence-corrected chi connectivity index (χ4v) is 5.53. The van der Waals surface area contributed by atoms with Gasteiger partial charge in [-0.05, 0) is 68.1 Å². The van der Waals surface area contributed by atoms with E-state index < -0.39 is 30.1 Å². The number of hydrogen-bond acceptors (Lipinski definition) is 7. The van der Waals surface area contributed by atoms with Crippen LogP contribution in [0.3, 0.4) is 0 Å². The quantitative estimate of drug-likeness (QED) is 0.285. The van der Waals surface area contributed by atoms with Crippen molar-refractivity contribution in [1.29, 1.82) is 0 Å². The Kier molecular flexibility index (Phi) is 10.3. The summed E-state index contributed by atoms with van der Waals surface area (Å²) in [6.07, 6.45) is 3.58. The molecule has 0 spiro atoms. The van der Waals surface area contributed by atoms with Gasteiger partial charge in [0, 0.05) is 11.4 Å². The molecule has 35 heavy (non-hydrogen) atoms. The average molecular weight is 502 g/mol. The maximum Gasteiger partial charge on any atom is 0.331 e. The average Bonchev–Trinajstić information content (AvgIpc) is 3.34. The number of ether oxygens (including phenoxy) is 1. The maximum absolute atomic E-state index is 13.8. The zero-order chi connectivity index (χ0) is 25.2. The SMILES string of the molecule is CCOC(=O)[C@H](CCc1ccccc1)N[C@@H](CCCCN)C(=O)N1CCc2ccsc2C1C(=O)O. The molecule has 3 rings (SSSR count). The highest BCUT2D eigenvalue weighted by atomic mass is 32.1. The number of carboxylic acids is 1. The molecule has 9 heteroatoms. The molecule has 0 fully saturated rings. The molecule has 4 N–H and O–H groups in total. The van der Waals surface area contributed by atoms with Crippen LogP contribution in [0.4, 0.5) is 0 Å². The predicted octanol–water partition coefficient (Wildman–Crippen LogP) is 2.91. The zero-order valence-corrected chi connectivity index (χ0v) is 21.0. The number of carbonyl (C=O) groups is 3. The van der Waals surface area contributed by atoms with Gasteiger partial charge >= 0.3 is 11.9 Å². The van der Waals surface area contributed by atoms with Gasteiger partial charge in [-0.2, -0.15) is 0 Å². The largest absolute Gasteiger partial charge is 0.479 e. The highest BCUT2D eigenvalue weighted by Crippen LogP contribution is 2.34. The van der Waals surface area contributed by atoms with E-state index in [0.29, 0.717) is 50.1 Å². The van der Waals surface area contributed by atoms with Gasteiger partial charge in [0.05, 0.1) is 12.6 Å². The van der Waals surface area contributed by atoms with Crippen LogP contribution in [0.2, 0.25) is 0 Å². The summed E-state index contributed by atoms with van der Waals surface area (Å²) in [5, 5.41) is 15.1. The molecule has 0 bridgehead atoms. The number of nitrogens with one attached hydrogen (secondary N) is 1. The second-order valence-corrected chi connectivity index (χ2v) is 9.61. The smallest absolute Gasteiger partial charge is 0.331 e. The van der Waals surface area contributed by atoms with E-state index in [1.165, 1.54) is 16.2 Å². The summed E-state index contributed by atoms with van der Waals surface area (Å²) in [4.78, 5) is 40.9. The monoisotopic (exact) mass is 501 g/mol. The number of thiophene rings is 1. The van der Waals surface area contributed by atoms with Gasteiger partial charge in [-0.25, -0.2) is 4.79 Å². The number of esters is 1. The number of unbranched alkanes of at least 4 members (excludes halogenated alkanes) is 1. The van der Waals surface area contributed by atoms with Gasteiger partial charge in [-0.15, -0.1) is 11.3 Å². The lowest BCUT2D eigenvalue weighted by Crippen LogP contribution is -2.55. The first kappa shape index (κ1) is 26.8. The third kappa shape index (κ3) is 7.13. The van der Waals surface area contributed by atoms with Gasteiger partial charge < -0.3 is 20.5 Å². The number of benzene rings is 1. The van der Waals surface area contributed by atoms with Gasteiger partial charge in [-0.3, -0.25) is 14.9 Å². The van der Waals surface area contributed by atoms with E-state index in [-0.39, 0.29) is 12.5 Å². The first-order chi connectivity index (χ1) is 17.0. The van der Waals surface area contributed by atoms with Gasteiger partial charge in [0.2, 0.25) is 5.91 Å². The predicted molar refractivity (Wildman–Crippen MR) is 135 cm³/mol. The van der Waals surface area contributed by atoms with Crippen LogP contribution < -0.4 is 11.1 Å². The standard InChI is InChI=1S/C26H35N3O5S/c1-2-34-26(33)21(12-11-18-8-4-3-5-9-18)28-20(10-6-7-15-27)24(30)29-16-13-19-14-17-35-23(19)22(29)25(31)32/h3-5,8-9,14,17,20-22,28H,2,6-7,10-13,15-16,27H2,1H3,(H,31,32)/t20-,21-,22?/m0/s1. The number of nitrogens with zero attached hydrogens (tertiary/aromatic N) is 1. The van der Waals surface area contributed by atoms with Crippen molar-refractivity contribution < 1.29 is 24.2 Å². The molecule has 1 aliphatic heterocycles. The Labute approximate surface area is 210 Å². The van der Waals surface area contributed by atoms with Crippen LogP contribution in [0.1, 0.15) is 54.7 Å². The Morgan fingerprint density at radius 2 is 1.94 bits per heavy atom. The van der Waals surface area contributed by atoms with Crippen molar-refractivity contribution in [3.05, 3.63) is 57.8 Å². The number of hydrogen-bond donors (Lipinski definition) is 3. The molecule has 0 aliphatic carbocycles. The third-order valence-electron chi connectivity index (χ3n) is 6.26. The summed E-state index contributed by atoms with van der Waals surface area (Å²) in [7, 11) is 0. The van der Waals surface area contributed by atoms with Gasteiger partial charge in [-0.1, -0.05) is 36.8 Å². The van der Waals surface area contributed by atoms with Crippen LogP contribution in [0.25, 0.3) is 0 Å². The fourth-order valence-electron chi connectivity index (χ4n) is 4.47. The Hall–Kier alpha value is -2.75. The number of amides is 1. The molecule has 0 saturated heterocycles. The van der Waals surface area contributed by atoms with Crippen LogP contribution in [-0.2, 0) is 32.0 Å². The van der Waals surface area contributed by atoms with E-state index in [4.69, 9.17) is 10.5 Å². The van der Waals surface area contributed by atoms with Crippen LogP contribution in [0.5, 0.6) is 0 Å². The Balaban J connectivity index is 1.81. The summed E-state index contributed by atoms with van der Waals surface area (Å²) >= 11 is 1.36. The zero-order valence-electron chi connectivity index (χ0n) is 20.2. The van der Waals surface area contributed by atoms with Gasteiger partial charge in [0.25, 0.3) is 0 Å².